The van der Waals surface area contributed by atoms with Gasteiger partial charge in [-0.05, 0) is 0 Å². The SMILES string of the molecule is O=C(N1C(N(CC(F)([N+](=O)[O-])[N+](=O)[O-])CC(F)([N+](=O)[O-])[N+](=O)[O-])N=C(F)N1C([N+](=O)[O-])[N+](=O)[O-])C(F)(F)F. The normalized spacial score (nSPS) is 16.4. The summed E-state index contributed by atoms with van der Waals surface area (Å²) in [5.74, 6) is -14.1. The van der Waals surface area contributed by atoms with E-state index in [1.165, 1.54) is 0 Å². The monoisotopic (exact) mass is 576 g/mol. The lowest BCUT2D eigenvalue weighted by Gasteiger charge is -2.34. The number of amides is 1. The molecule has 0 bridgehead atoms. The van der Waals surface area contributed by atoms with Crippen LogP contribution in [0.15, 0.2) is 4.99 Å². The van der Waals surface area contributed by atoms with Crippen molar-refractivity contribution in [2.45, 2.75) is 30.6 Å². The lowest BCUT2D eigenvalue weighted by atomic mass is 10.3. The number of amidine groups is 1. The Morgan fingerprint density at radius 2 is 1.16 bits per heavy atom. The van der Waals surface area contributed by atoms with Gasteiger partial charge in [-0.15, -0.1) is 5.01 Å². The van der Waals surface area contributed by atoms with E-state index in [1.54, 1.807) is 0 Å². The largest absolute Gasteiger partial charge is 0.626 e. The number of aliphatic imine (C=N–C) groups is 1. The number of rotatable bonds is 12. The molecule has 1 aliphatic heterocycles. The fraction of sp³-hybridized carbons (Fsp3) is 0.778. The standard InChI is InChI=1S/C9H6F6N10O13/c10-4-16-5(18(3(26)9(13,14)15)19(4)6(20(27)28)21(29)30)17(1-7(11,22(31)32)23(33)34)2-8(12,24(35)36)25(37)38/h5-6H,1-2H2. The Hall–Kier alpha value is -5.12. The summed E-state index contributed by atoms with van der Waals surface area (Å²) in [6.07, 6.45) is -16.9. The van der Waals surface area contributed by atoms with Gasteiger partial charge in [-0.3, -0.25) is 65.5 Å². The Morgan fingerprint density at radius 3 is 1.42 bits per heavy atom. The molecule has 0 N–H and O–H groups in total. The maximum absolute atomic E-state index is 14.5. The van der Waals surface area contributed by atoms with E-state index < -0.39 is 100 Å². The highest BCUT2D eigenvalue weighted by Crippen LogP contribution is 2.32. The Bertz CT molecular complexity index is 1030. The highest BCUT2D eigenvalue weighted by Gasteiger charge is 2.68. The third-order valence-electron chi connectivity index (χ3n) is 4.16. The van der Waals surface area contributed by atoms with Gasteiger partial charge in [-0.25, -0.2) is 4.90 Å². The molecule has 1 aliphatic rings. The van der Waals surface area contributed by atoms with Crippen molar-refractivity contribution in [2.75, 3.05) is 13.1 Å². The van der Waals surface area contributed by atoms with Crippen molar-refractivity contribution in [2.24, 2.45) is 4.99 Å². The van der Waals surface area contributed by atoms with Crippen LogP contribution in [0.4, 0.5) is 26.3 Å². The molecule has 1 unspecified atom stereocenters. The second-order valence-electron chi connectivity index (χ2n) is 6.52. The van der Waals surface area contributed by atoms with Crippen LogP contribution in [0.5, 0.6) is 0 Å². The van der Waals surface area contributed by atoms with Crippen molar-refractivity contribution in [3.8, 4) is 0 Å². The van der Waals surface area contributed by atoms with Gasteiger partial charge in [0.25, 0.3) is 0 Å². The second-order valence-corrected chi connectivity index (χ2v) is 6.52. The molecule has 0 spiro atoms. The predicted molar refractivity (Wildman–Crippen MR) is 92.1 cm³/mol. The molecule has 0 radical (unpaired) electrons. The molecule has 0 aromatic carbocycles. The summed E-state index contributed by atoms with van der Waals surface area (Å²) in [5, 5.41) is 62.5. The summed E-state index contributed by atoms with van der Waals surface area (Å²) >= 11 is 0. The van der Waals surface area contributed by atoms with Gasteiger partial charge in [-0.1, -0.05) is 8.78 Å². The van der Waals surface area contributed by atoms with Gasteiger partial charge in [0.05, 0.1) is 0 Å². The van der Waals surface area contributed by atoms with Crippen LogP contribution in [0.1, 0.15) is 0 Å². The molecule has 212 valence electrons. The molecule has 1 rings (SSSR count). The molecule has 1 amide bonds. The van der Waals surface area contributed by atoms with E-state index in [0.717, 1.165) is 0 Å². The molecule has 29 heteroatoms. The first kappa shape index (κ1) is 30.9. The molecule has 38 heavy (non-hydrogen) atoms. The molecule has 1 atom stereocenters. The van der Waals surface area contributed by atoms with Gasteiger partial charge in [-0.2, -0.15) is 27.6 Å². The quantitative estimate of drug-likeness (QED) is 0.0858. The maximum atomic E-state index is 14.5. The average molecular weight is 576 g/mol. The topological polar surface area (TPSA) is 298 Å². The fourth-order valence-electron chi connectivity index (χ4n) is 2.54. The van der Waals surface area contributed by atoms with E-state index in [4.69, 9.17) is 0 Å². The summed E-state index contributed by atoms with van der Waals surface area (Å²) in [5.41, 5.74) is 0. The maximum Gasteiger partial charge on any atom is 0.626 e. The number of nitrogens with zero attached hydrogens (tertiary/aromatic N) is 10. The number of carbonyl (C=O) groups excluding carboxylic acids is 1. The summed E-state index contributed by atoms with van der Waals surface area (Å²) in [7, 11) is 0. The Labute approximate surface area is 198 Å². The van der Waals surface area contributed by atoms with Crippen LogP contribution in [0.2, 0.25) is 0 Å². The van der Waals surface area contributed by atoms with Crippen molar-refractivity contribution >= 4 is 12.0 Å². The van der Waals surface area contributed by atoms with Crippen LogP contribution in [0, 0.1) is 60.7 Å². The number of hydrazine groups is 1. The number of hydrogen-bond acceptors (Lipinski definition) is 16. The van der Waals surface area contributed by atoms with Crippen molar-refractivity contribution in [1.29, 1.82) is 0 Å². The first-order valence-corrected chi connectivity index (χ1v) is 8.43. The number of halogens is 6. The molecular weight excluding hydrogens is 570 g/mol. The third kappa shape index (κ3) is 5.49. The minimum absolute atomic E-state index is 1.13. The Morgan fingerprint density at radius 1 is 0.816 bits per heavy atom. The average Bonchev–Trinajstić information content (AvgIpc) is 3.07. The molecule has 23 nitrogen and oxygen atoms in total. The molecule has 0 saturated heterocycles. The van der Waals surface area contributed by atoms with E-state index >= 15 is 0 Å². The van der Waals surface area contributed by atoms with Gasteiger partial charge in [0.1, 0.15) is 29.5 Å². The Kier molecular flexibility index (Phi) is 8.21. The second kappa shape index (κ2) is 10.1. The molecule has 0 saturated carbocycles. The van der Waals surface area contributed by atoms with E-state index in [1.807, 2.05) is 0 Å². The number of nitro groups is 6. The lowest BCUT2D eigenvalue weighted by Crippen LogP contribution is -2.66. The third-order valence-corrected chi connectivity index (χ3v) is 4.16. The lowest BCUT2D eigenvalue weighted by molar-refractivity contribution is -0.838. The van der Waals surface area contributed by atoms with E-state index in [0.29, 0.717) is 0 Å². The summed E-state index contributed by atoms with van der Waals surface area (Å²) < 4.78 is 82.9. The van der Waals surface area contributed by atoms with E-state index in [-0.39, 0.29) is 0 Å². The first-order chi connectivity index (χ1) is 17.0. The van der Waals surface area contributed by atoms with Gasteiger partial charge in [0, 0.05) is 0 Å². The zero-order valence-electron chi connectivity index (χ0n) is 17.1. The summed E-state index contributed by atoms with van der Waals surface area (Å²) in [6.45, 7) is -5.78. The molecule has 1 heterocycles. The van der Waals surface area contributed by atoms with Gasteiger partial charge < -0.3 is 0 Å². The molecule has 0 fully saturated rings. The molecule has 0 aromatic heterocycles. The van der Waals surface area contributed by atoms with Crippen LogP contribution in [0.25, 0.3) is 0 Å². The van der Waals surface area contributed by atoms with Gasteiger partial charge >= 0.3 is 36.3 Å². The van der Waals surface area contributed by atoms with E-state index in [9.17, 15) is 91.8 Å². The summed E-state index contributed by atoms with van der Waals surface area (Å²) in [4.78, 5) is 64.2. The summed E-state index contributed by atoms with van der Waals surface area (Å²) in [6, 6.07) is 0. The van der Waals surface area contributed by atoms with Crippen molar-refractivity contribution in [3.05, 3.63) is 60.7 Å². The van der Waals surface area contributed by atoms with Crippen LogP contribution in [-0.4, -0.2) is 100 Å². The van der Waals surface area contributed by atoms with Crippen LogP contribution in [0.3, 0.4) is 0 Å². The smallest absolute Gasteiger partial charge is 0.262 e. The number of carbonyl (C=O) groups is 1. The minimum Gasteiger partial charge on any atom is -0.262 e. The van der Waals surface area contributed by atoms with Crippen molar-refractivity contribution in [1.82, 2.24) is 14.9 Å². The van der Waals surface area contributed by atoms with Crippen LogP contribution in [-0.2, 0) is 4.79 Å². The first-order valence-electron chi connectivity index (χ1n) is 8.43. The van der Waals surface area contributed by atoms with Gasteiger partial charge in [0.2, 0.25) is 6.29 Å². The zero-order valence-corrected chi connectivity index (χ0v) is 17.1. The fourth-order valence-corrected chi connectivity index (χ4v) is 2.54. The van der Waals surface area contributed by atoms with Crippen molar-refractivity contribution in [3.63, 3.8) is 0 Å². The minimum atomic E-state index is -6.35. The number of alkyl halides is 5. The predicted octanol–water partition coefficient (Wildman–Crippen LogP) is -1.29. The van der Waals surface area contributed by atoms with Crippen molar-refractivity contribution < 1.29 is 60.7 Å². The molecule has 0 aromatic rings. The number of hydrogen-bond donors (Lipinski definition) is 0. The van der Waals surface area contributed by atoms with E-state index in [2.05, 4.69) is 4.99 Å². The van der Waals surface area contributed by atoms with Crippen LogP contribution >= 0.6 is 0 Å². The molecular formula is C9H6F6N10O13. The Balaban J connectivity index is 3.99. The van der Waals surface area contributed by atoms with Gasteiger partial charge in [0.15, 0.2) is 13.1 Å². The molecule has 0 aliphatic carbocycles. The highest BCUT2D eigenvalue weighted by atomic mass is 19.4. The zero-order chi connectivity index (χ0) is 30.1. The highest BCUT2D eigenvalue weighted by molar-refractivity contribution is 5.86. The van der Waals surface area contributed by atoms with Crippen LogP contribution < -0.4 is 0 Å².